The lowest BCUT2D eigenvalue weighted by molar-refractivity contribution is -0.104. The number of benzene rings is 1. The van der Waals surface area contributed by atoms with Crippen LogP contribution in [0.4, 0.5) is 0 Å². The minimum atomic E-state index is 0.421. The second kappa shape index (κ2) is 5.88. The zero-order valence-corrected chi connectivity index (χ0v) is 11.4. The molecular formula is C15H9Cl2NO. The van der Waals surface area contributed by atoms with Crippen molar-refractivity contribution in [2.24, 2.45) is 0 Å². The zero-order valence-electron chi connectivity index (χ0n) is 9.86. The molecule has 1 aliphatic carbocycles. The third kappa shape index (κ3) is 2.96. The molecule has 0 aromatic heterocycles. The molecule has 94 valence electrons. The number of allylic oxidation sites excluding steroid dienone is 6. The third-order valence-corrected chi connectivity index (χ3v) is 3.34. The number of nitriles is 1. The maximum atomic E-state index is 11.2. The van der Waals surface area contributed by atoms with Crippen molar-refractivity contribution in [3.8, 4) is 6.07 Å². The molecule has 0 heterocycles. The quantitative estimate of drug-likeness (QED) is 0.764. The van der Waals surface area contributed by atoms with Crippen LogP contribution in [0, 0.1) is 11.3 Å². The number of hydrogen-bond acceptors (Lipinski definition) is 2. The molecule has 1 aromatic carbocycles. The molecule has 4 heteroatoms. The van der Waals surface area contributed by atoms with Crippen LogP contribution >= 0.6 is 23.2 Å². The highest BCUT2D eigenvalue weighted by Gasteiger charge is 2.13. The van der Waals surface area contributed by atoms with Gasteiger partial charge in [-0.1, -0.05) is 41.4 Å². The molecule has 0 radical (unpaired) electrons. The average molecular weight is 290 g/mol. The highest BCUT2D eigenvalue weighted by molar-refractivity contribution is 6.34. The molecule has 1 aliphatic rings. The first-order valence-electron chi connectivity index (χ1n) is 5.59. The van der Waals surface area contributed by atoms with E-state index in [0.717, 1.165) is 6.29 Å². The molecule has 0 saturated carbocycles. The Morgan fingerprint density at radius 3 is 2.68 bits per heavy atom. The zero-order chi connectivity index (χ0) is 13.8. The number of hydrogen-bond donors (Lipinski definition) is 0. The Labute approximate surface area is 121 Å². The number of carbonyl (C=O) groups excluding carboxylic acids is 1. The normalized spacial score (nSPS) is 14.7. The summed E-state index contributed by atoms with van der Waals surface area (Å²) < 4.78 is 0. The van der Waals surface area contributed by atoms with E-state index in [4.69, 9.17) is 28.5 Å². The van der Waals surface area contributed by atoms with Crippen molar-refractivity contribution in [2.75, 3.05) is 0 Å². The fraction of sp³-hybridized carbons (Fsp3) is 0.0667. The van der Waals surface area contributed by atoms with E-state index in [2.05, 4.69) is 0 Å². The maximum absolute atomic E-state index is 11.2. The summed E-state index contributed by atoms with van der Waals surface area (Å²) in [6.07, 6.45) is 6.70. The highest BCUT2D eigenvalue weighted by atomic mass is 35.5. The molecule has 0 unspecified atom stereocenters. The molecule has 0 aliphatic heterocycles. The lowest BCUT2D eigenvalue weighted by Crippen LogP contribution is -1.93. The summed E-state index contributed by atoms with van der Waals surface area (Å²) in [5, 5.41) is 9.81. The maximum Gasteiger partial charge on any atom is 0.150 e. The Bertz CT molecular complexity index is 663. The number of nitrogens with zero attached hydrogens (tertiary/aromatic N) is 1. The van der Waals surface area contributed by atoms with E-state index in [1.807, 2.05) is 12.1 Å². The van der Waals surface area contributed by atoms with Gasteiger partial charge in [-0.05, 0) is 30.2 Å². The van der Waals surface area contributed by atoms with E-state index >= 15 is 0 Å². The van der Waals surface area contributed by atoms with Crippen LogP contribution in [-0.4, -0.2) is 6.29 Å². The first kappa shape index (κ1) is 13.6. The summed E-state index contributed by atoms with van der Waals surface area (Å²) in [7, 11) is 0. The Hall–Kier alpha value is -1.82. The predicted octanol–water partition coefficient (Wildman–Crippen LogP) is 4.25. The first-order chi connectivity index (χ1) is 9.15. The van der Waals surface area contributed by atoms with Gasteiger partial charge in [-0.2, -0.15) is 5.26 Å². The van der Waals surface area contributed by atoms with E-state index in [0.29, 0.717) is 38.7 Å². The van der Waals surface area contributed by atoms with Crippen molar-refractivity contribution in [2.45, 2.75) is 6.42 Å². The van der Waals surface area contributed by atoms with Gasteiger partial charge >= 0.3 is 0 Å². The van der Waals surface area contributed by atoms with Gasteiger partial charge in [0.25, 0.3) is 0 Å². The number of rotatable bonds is 2. The van der Waals surface area contributed by atoms with Crippen LogP contribution < -0.4 is 0 Å². The topological polar surface area (TPSA) is 40.9 Å². The van der Waals surface area contributed by atoms with Gasteiger partial charge in [0.15, 0.2) is 0 Å². The van der Waals surface area contributed by atoms with Crippen molar-refractivity contribution in [1.29, 1.82) is 5.26 Å². The van der Waals surface area contributed by atoms with E-state index in [1.165, 1.54) is 0 Å². The number of carbonyl (C=O) groups is 1. The summed E-state index contributed by atoms with van der Waals surface area (Å²) in [6.45, 7) is 0. The van der Waals surface area contributed by atoms with Crippen LogP contribution in [0.25, 0.3) is 5.57 Å². The largest absolute Gasteiger partial charge is 0.298 e. The predicted molar refractivity (Wildman–Crippen MR) is 76.8 cm³/mol. The Morgan fingerprint density at radius 1 is 1.26 bits per heavy atom. The van der Waals surface area contributed by atoms with Crippen LogP contribution in [0.15, 0.2) is 47.0 Å². The van der Waals surface area contributed by atoms with E-state index in [1.54, 1.807) is 30.4 Å². The van der Waals surface area contributed by atoms with Gasteiger partial charge in [0.2, 0.25) is 0 Å². The van der Waals surface area contributed by atoms with Crippen LogP contribution in [-0.2, 0) is 4.79 Å². The van der Waals surface area contributed by atoms with Crippen molar-refractivity contribution < 1.29 is 4.79 Å². The summed E-state index contributed by atoms with van der Waals surface area (Å²) in [5.41, 5.74) is 2.37. The molecule has 19 heavy (non-hydrogen) atoms. The molecule has 1 aromatic rings. The minimum Gasteiger partial charge on any atom is -0.298 e. The van der Waals surface area contributed by atoms with Gasteiger partial charge in [0.1, 0.15) is 6.29 Å². The molecule has 0 spiro atoms. The fourth-order valence-electron chi connectivity index (χ4n) is 1.84. The summed E-state index contributed by atoms with van der Waals surface area (Å²) in [6, 6.07) is 6.97. The van der Waals surface area contributed by atoms with Gasteiger partial charge in [-0.25, -0.2) is 0 Å². The van der Waals surface area contributed by atoms with Crippen molar-refractivity contribution in [3.05, 3.63) is 63.2 Å². The molecule has 0 amide bonds. The Kier molecular flexibility index (Phi) is 4.21. The van der Waals surface area contributed by atoms with Crippen LogP contribution in [0.3, 0.4) is 0 Å². The summed E-state index contributed by atoms with van der Waals surface area (Å²) in [4.78, 5) is 11.2. The van der Waals surface area contributed by atoms with Gasteiger partial charge in [-0.15, -0.1) is 0 Å². The summed E-state index contributed by atoms with van der Waals surface area (Å²) >= 11 is 12.2. The molecular weight excluding hydrogens is 281 g/mol. The molecule has 2 rings (SSSR count). The molecule has 2 nitrogen and oxygen atoms in total. The molecule has 0 atom stereocenters. The molecule has 0 fully saturated rings. The molecule has 0 saturated heterocycles. The van der Waals surface area contributed by atoms with Gasteiger partial charge in [0, 0.05) is 21.2 Å². The van der Waals surface area contributed by atoms with Crippen molar-refractivity contribution in [3.63, 3.8) is 0 Å². The smallest absolute Gasteiger partial charge is 0.150 e. The van der Waals surface area contributed by atoms with E-state index < -0.39 is 0 Å². The standard InChI is InChI=1S/C15H9Cl2NO/c16-12-3-1-2-11(9-19)14(7-12)13-5-4-10(8-18)6-15(13)17/h2-7,9H,1H2. The Morgan fingerprint density at radius 2 is 2.05 bits per heavy atom. The van der Waals surface area contributed by atoms with Gasteiger partial charge in [0.05, 0.1) is 11.6 Å². The minimum absolute atomic E-state index is 0.421. The van der Waals surface area contributed by atoms with Gasteiger partial charge < -0.3 is 0 Å². The second-order valence-electron chi connectivity index (χ2n) is 3.97. The SMILES string of the molecule is N#Cc1ccc(C2=CC(Cl)=CCC=C2C=O)c(Cl)c1. The number of halogens is 2. The monoisotopic (exact) mass is 289 g/mol. The highest BCUT2D eigenvalue weighted by Crippen LogP contribution is 2.32. The first-order valence-corrected chi connectivity index (χ1v) is 6.34. The lowest BCUT2D eigenvalue weighted by Gasteiger charge is -2.09. The van der Waals surface area contributed by atoms with Crippen LogP contribution in [0.2, 0.25) is 5.02 Å². The van der Waals surface area contributed by atoms with Crippen molar-refractivity contribution >= 4 is 35.1 Å². The lowest BCUT2D eigenvalue weighted by atomic mass is 9.97. The summed E-state index contributed by atoms with van der Waals surface area (Å²) in [5.74, 6) is 0. The second-order valence-corrected chi connectivity index (χ2v) is 4.81. The van der Waals surface area contributed by atoms with Crippen molar-refractivity contribution in [1.82, 2.24) is 0 Å². The van der Waals surface area contributed by atoms with E-state index in [-0.39, 0.29) is 0 Å². The Balaban J connectivity index is 2.58. The van der Waals surface area contributed by atoms with Gasteiger partial charge in [-0.3, -0.25) is 4.79 Å². The molecule has 0 bridgehead atoms. The number of aldehydes is 1. The van der Waals surface area contributed by atoms with Crippen LogP contribution in [0.5, 0.6) is 0 Å². The molecule has 0 N–H and O–H groups in total. The average Bonchev–Trinajstić information content (AvgIpc) is 2.59. The fourth-order valence-corrected chi connectivity index (χ4v) is 2.32. The third-order valence-electron chi connectivity index (χ3n) is 2.76. The van der Waals surface area contributed by atoms with E-state index in [9.17, 15) is 4.79 Å². The van der Waals surface area contributed by atoms with Crippen LogP contribution in [0.1, 0.15) is 17.5 Å².